The molecule has 2 aromatic carbocycles. The number of carbonyl (C=O) groups excluding carboxylic acids is 1. The number of nitrogens with one attached hydrogen (secondary N) is 1. The Hall–Kier alpha value is -2.19. The number of hydrogen-bond donors (Lipinski definition) is 2. The second kappa shape index (κ2) is 9.14. The highest BCUT2D eigenvalue weighted by Gasteiger charge is 2.31. The van der Waals surface area contributed by atoms with Gasteiger partial charge in [0.15, 0.2) is 0 Å². The summed E-state index contributed by atoms with van der Waals surface area (Å²) in [5.41, 5.74) is -0.265. The number of halogens is 3. The number of nitrogens with zero attached hydrogens (tertiary/aromatic N) is 1. The summed E-state index contributed by atoms with van der Waals surface area (Å²) in [4.78, 5) is 14.8. The van der Waals surface area contributed by atoms with Gasteiger partial charge in [0.2, 0.25) is 0 Å². The monoisotopic (exact) mass is 398 g/mol. The summed E-state index contributed by atoms with van der Waals surface area (Å²) in [6.45, 7) is 1.61. The molecule has 0 saturated carbocycles. The molecule has 0 aromatic heterocycles. The van der Waals surface area contributed by atoms with Crippen molar-refractivity contribution in [2.24, 2.45) is 0 Å². The Labute approximate surface area is 160 Å². The molecule has 27 heavy (non-hydrogen) atoms. The van der Waals surface area contributed by atoms with Crippen molar-refractivity contribution in [2.45, 2.75) is 30.5 Å². The second-order valence-electron chi connectivity index (χ2n) is 5.88. The van der Waals surface area contributed by atoms with E-state index >= 15 is 0 Å². The van der Waals surface area contributed by atoms with Gasteiger partial charge in [-0.2, -0.15) is 13.2 Å². The van der Waals surface area contributed by atoms with Crippen LogP contribution in [0.5, 0.6) is 0 Å². The fourth-order valence-corrected chi connectivity index (χ4v) is 2.85. The molecule has 0 fully saturated rings. The maximum atomic E-state index is 13.0. The van der Waals surface area contributed by atoms with E-state index in [9.17, 15) is 23.1 Å². The number of urea groups is 1. The van der Waals surface area contributed by atoms with Crippen molar-refractivity contribution in [3.63, 3.8) is 0 Å². The number of aliphatic hydroxyl groups excluding tert-OH is 1. The number of amides is 2. The number of carbonyl (C=O) groups is 1. The Balaban J connectivity index is 2.32. The van der Waals surface area contributed by atoms with E-state index in [1.165, 1.54) is 23.9 Å². The third kappa shape index (κ3) is 5.90. The number of anilines is 2. The van der Waals surface area contributed by atoms with Crippen LogP contribution in [-0.4, -0.2) is 30.0 Å². The summed E-state index contributed by atoms with van der Waals surface area (Å²) in [6.07, 6.45) is -3.12. The summed E-state index contributed by atoms with van der Waals surface area (Å²) >= 11 is 1.50. The van der Waals surface area contributed by atoms with Gasteiger partial charge >= 0.3 is 12.2 Å². The largest absolute Gasteiger partial charge is 0.416 e. The minimum atomic E-state index is -4.52. The molecule has 146 valence electrons. The smallest absolute Gasteiger partial charge is 0.391 e. The van der Waals surface area contributed by atoms with Crippen molar-refractivity contribution in [2.75, 3.05) is 23.0 Å². The molecule has 0 aliphatic rings. The average molecular weight is 398 g/mol. The van der Waals surface area contributed by atoms with Crippen molar-refractivity contribution in [1.29, 1.82) is 0 Å². The van der Waals surface area contributed by atoms with Crippen molar-refractivity contribution < 1.29 is 23.1 Å². The predicted molar refractivity (Wildman–Crippen MR) is 102 cm³/mol. The maximum Gasteiger partial charge on any atom is 0.416 e. The summed E-state index contributed by atoms with van der Waals surface area (Å²) < 4.78 is 39.1. The molecule has 2 N–H and O–H groups in total. The third-order valence-corrected chi connectivity index (χ3v) is 4.64. The molecule has 1 unspecified atom stereocenters. The lowest BCUT2D eigenvalue weighted by atomic mass is 10.1. The lowest BCUT2D eigenvalue weighted by Gasteiger charge is -2.26. The highest BCUT2D eigenvalue weighted by Crippen LogP contribution is 2.32. The lowest BCUT2D eigenvalue weighted by molar-refractivity contribution is -0.137. The first kappa shape index (κ1) is 21.1. The molecule has 0 aliphatic heterocycles. The van der Waals surface area contributed by atoms with E-state index in [-0.39, 0.29) is 12.2 Å². The fraction of sp³-hybridized carbons (Fsp3) is 0.316. The Morgan fingerprint density at radius 2 is 1.93 bits per heavy atom. The lowest BCUT2D eigenvalue weighted by Crippen LogP contribution is -2.40. The summed E-state index contributed by atoms with van der Waals surface area (Å²) in [5, 5.41) is 12.7. The zero-order valence-electron chi connectivity index (χ0n) is 15.0. The number of aliphatic hydroxyl groups is 1. The third-order valence-electron chi connectivity index (χ3n) is 3.92. The molecular formula is C19H21F3N2O2S. The van der Waals surface area contributed by atoms with Gasteiger partial charge in [0.1, 0.15) is 0 Å². The van der Waals surface area contributed by atoms with Crippen LogP contribution in [0.15, 0.2) is 53.4 Å². The van der Waals surface area contributed by atoms with Crippen molar-refractivity contribution in [3.8, 4) is 0 Å². The van der Waals surface area contributed by atoms with Gasteiger partial charge in [0.25, 0.3) is 0 Å². The van der Waals surface area contributed by atoms with Crippen LogP contribution in [-0.2, 0) is 6.18 Å². The molecule has 2 aromatic rings. The first-order chi connectivity index (χ1) is 12.7. The molecule has 0 radical (unpaired) electrons. The van der Waals surface area contributed by atoms with Crippen LogP contribution in [0, 0.1) is 0 Å². The Morgan fingerprint density at radius 3 is 2.56 bits per heavy atom. The number of hydrogen-bond acceptors (Lipinski definition) is 3. The Bertz CT molecular complexity index is 784. The first-order valence-electron chi connectivity index (χ1n) is 8.32. The van der Waals surface area contributed by atoms with Crippen LogP contribution in [0.2, 0.25) is 0 Å². The summed E-state index contributed by atoms with van der Waals surface area (Å²) in [7, 11) is 0. The normalized spacial score (nSPS) is 12.5. The molecule has 0 spiro atoms. The van der Waals surface area contributed by atoms with Crippen LogP contribution in [0.4, 0.5) is 29.3 Å². The van der Waals surface area contributed by atoms with Crippen molar-refractivity contribution >= 4 is 29.2 Å². The second-order valence-corrected chi connectivity index (χ2v) is 6.76. The zero-order valence-corrected chi connectivity index (χ0v) is 15.8. The van der Waals surface area contributed by atoms with Gasteiger partial charge < -0.3 is 10.4 Å². The van der Waals surface area contributed by atoms with E-state index in [2.05, 4.69) is 5.32 Å². The van der Waals surface area contributed by atoms with Gasteiger partial charge in [-0.05, 0) is 49.1 Å². The van der Waals surface area contributed by atoms with Gasteiger partial charge in [-0.3, -0.25) is 4.90 Å². The van der Waals surface area contributed by atoms with Crippen molar-refractivity contribution in [1.82, 2.24) is 0 Å². The highest BCUT2D eigenvalue weighted by atomic mass is 32.2. The topological polar surface area (TPSA) is 52.6 Å². The number of thioether (sulfide) groups is 1. The summed E-state index contributed by atoms with van der Waals surface area (Å²) in [6, 6.07) is 11.0. The summed E-state index contributed by atoms with van der Waals surface area (Å²) in [5.74, 6) is 0. The minimum absolute atomic E-state index is 0.0656. The fourth-order valence-electron chi connectivity index (χ4n) is 2.39. The zero-order chi connectivity index (χ0) is 20.0. The van der Waals surface area contributed by atoms with Gasteiger partial charge in [0.05, 0.1) is 18.2 Å². The molecule has 0 bridgehead atoms. The quantitative estimate of drug-likeness (QED) is 0.655. The molecule has 2 amide bonds. The van der Waals surface area contributed by atoms with Crippen LogP contribution < -0.4 is 10.2 Å². The predicted octanol–water partition coefficient (Wildman–Crippen LogP) is 5.24. The van der Waals surface area contributed by atoms with E-state index in [0.717, 1.165) is 21.9 Å². The molecule has 0 saturated heterocycles. The van der Waals surface area contributed by atoms with Crippen LogP contribution in [0.1, 0.15) is 18.9 Å². The molecule has 2 rings (SSSR count). The molecule has 4 nitrogen and oxygen atoms in total. The van der Waals surface area contributed by atoms with E-state index in [1.54, 1.807) is 25.1 Å². The van der Waals surface area contributed by atoms with Gasteiger partial charge in [-0.25, -0.2) is 4.79 Å². The van der Waals surface area contributed by atoms with Crippen LogP contribution in [0.25, 0.3) is 0 Å². The first-order valence-corrected chi connectivity index (χ1v) is 9.55. The van der Waals surface area contributed by atoms with Gasteiger partial charge in [-0.15, -0.1) is 11.8 Å². The average Bonchev–Trinajstić information content (AvgIpc) is 2.65. The Morgan fingerprint density at radius 1 is 1.22 bits per heavy atom. The van der Waals surface area contributed by atoms with Gasteiger partial charge in [-0.1, -0.05) is 19.1 Å². The number of benzene rings is 2. The molecule has 8 heteroatoms. The molecular weight excluding hydrogens is 377 g/mol. The van der Waals surface area contributed by atoms with Crippen LogP contribution in [0.3, 0.4) is 0 Å². The molecule has 0 aliphatic carbocycles. The number of rotatable bonds is 6. The van der Waals surface area contributed by atoms with E-state index in [0.29, 0.717) is 12.1 Å². The van der Waals surface area contributed by atoms with E-state index < -0.39 is 23.9 Å². The molecule has 1 atom stereocenters. The minimum Gasteiger partial charge on any atom is -0.391 e. The number of alkyl halides is 3. The SMILES string of the molecule is CCC(O)CN(C(=O)Nc1cccc(SC)c1)c1cccc(C(F)(F)F)c1. The molecule has 0 heterocycles. The standard InChI is InChI=1S/C19H21F3N2O2S/c1-3-16(25)12-24(15-8-4-6-13(10-15)19(20,21)22)18(26)23-14-7-5-9-17(11-14)27-2/h4-11,16,25H,3,12H2,1-2H3,(H,23,26). The van der Waals surface area contributed by atoms with Gasteiger partial charge in [0, 0.05) is 16.3 Å². The van der Waals surface area contributed by atoms with Crippen molar-refractivity contribution in [3.05, 3.63) is 54.1 Å². The van der Waals surface area contributed by atoms with E-state index in [1.807, 2.05) is 12.3 Å². The highest BCUT2D eigenvalue weighted by molar-refractivity contribution is 7.98. The van der Waals surface area contributed by atoms with Crippen LogP contribution >= 0.6 is 11.8 Å². The van der Waals surface area contributed by atoms with E-state index in [4.69, 9.17) is 0 Å². The Kier molecular flexibility index (Phi) is 7.15. The maximum absolute atomic E-state index is 13.0.